The van der Waals surface area contributed by atoms with Gasteiger partial charge in [0.2, 0.25) is 0 Å². The zero-order valence-electron chi connectivity index (χ0n) is 1.36. The van der Waals surface area contributed by atoms with Crippen LogP contribution in [0.15, 0.2) is 0 Å². The van der Waals surface area contributed by atoms with E-state index in [1.165, 1.54) is 0 Å². The van der Waals surface area contributed by atoms with Crippen molar-refractivity contribution in [3.8, 4) is 0 Å². The molecule has 0 saturated carbocycles. The first-order valence-corrected chi connectivity index (χ1v) is 1.08. The van der Waals surface area contributed by atoms with Crippen molar-refractivity contribution in [1.29, 1.82) is 0 Å². The van der Waals surface area contributed by atoms with E-state index in [1.54, 1.807) is 0 Å². The number of rotatable bonds is 0. The van der Waals surface area contributed by atoms with Crippen LogP contribution in [0.3, 0.4) is 0 Å². The van der Waals surface area contributed by atoms with Crippen molar-refractivity contribution in [2.75, 3.05) is 0 Å². The van der Waals surface area contributed by atoms with Gasteiger partial charge in [-0.1, -0.05) is 0 Å². The summed E-state index contributed by atoms with van der Waals surface area (Å²) in [6.07, 6.45) is 0. The average Bonchev–Trinajstić information content (AvgIpc) is 1.00. The minimum absolute atomic E-state index is 0. The molecule has 23 valence electrons. The predicted molar refractivity (Wildman–Crippen MR) is 12.0 cm³/mol. The van der Waals surface area contributed by atoms with Gasteiger partial charge in [0.25, 0.3) is 0 Å². The fourth-order valence-electron chi connectivity index (χ4n) is 0. The van der Waals surface area contributed by atoms with Crippen molar-refractivity contribution in [3.05, 3.63) is 0 Å². The van der Waals surface area contributed by atoms with Gasteiger partial charge in [-0.3, -0.25) is 0 Å². The molecule has 0 atom stereocenters. The fraction of sp³-hybridized carbons (Fsp3) is 0. The van der Waals surface area contributed by atoms with E-state index in [0.717, 1.165) is 0 Å². The molecule has 0 unspecified atom stereocenters. The molecule has 0 aliphatic rings. The molecule has 1 nitrogen and oxygen atoms in total. The van der Waals surface area contributed by atoms with Gasteiger partial charge >= 0.3 is 24.3 Å². The van der Waals surface area contributed by atoms with Crippen LogP contribution in [-0.4, -0.2) is 11.0 Å². The first-order valence-electron chi connectivity index (χ1n) is 0.183. The Morgan fingerprint density at radius 1 is 1.25 bits per heavy atom. The van der Waals surface area contributed by atoms with E-state index in [-0.39, 0.29) is 37.2 Å². The molecule has 0 aliphatic heterocycles. The zero-order chi connectivity index (χ0) is 2.00. The van der Waals surface area contributed by atoms with E-state index in [2.05, 4.69) is 0 Å². The number of hydrogen-bond acceptors (Lipinski definition) is 1. The summed E-state index contributed by atoms with van der Waals surface area (Å²) in [5, 5.41) is 0. The smallest absolute Gasteiger partial charge is 0 e. The van der Waals surface area contributed by atoms with Crippen LogP contribution < -0.4 is 0 Å². The molecule has 0 saturated heterocycles. The van der Waals surface area contributed by atoms with Crippen molar-refractivity contribution in [3.63, 3.8) is 0 Å². The van der Waals surface area contributed by atoms with Crippen LogP contribution in [0.4, 0.5) is 0 Å². The predicted octanol–water partition coefficient (Wildman–Crippen LogP) is -1.58. The Balaban J connectivity index is -0.00000000500. The van der Waals surface area contributed by atoms with Gasteiger partial charge in [0, 0.05) is 26.2 Å². The summed E-state index contributed by atoms with van der Waals surface area (Å²) in [6.45, 7) is 0. The van der Waals surface area contributed by atoms with Crippen molar-refractivity contribution in [1.82, 2.24) is 0 Å². The molecular weight excluding hydrogens is 228 g/mol. The summed E-state index contributed by atoms with van der Waals surface area (Å²) < 4.78 is 8.30. The van der Waals surface area contributed by atoms with Gasteiger partial charge < -0.3 is 0 Å². The Labute approximate surface area is 60.9 Å². The zero-order valence-corrected chi connectivity index (χ0v) is 6.01. The van der Waals surface area contributed by atoms with Crippen LogP contribution in [-0.2, 0) is 50.5 Å². The molecule has 0 fully saturated rings. The first kappa shape index (κ1) is 17.4. The molecule has 0 heterocycles. The van der Waals surface area contributed by atoms with Crippen molar-refractivity contribution in [2.24, 2.45) is 0 Å². The van der Waals surface area contributed by atoms with Crippen LogP contribution in [0.25, 0.3) is 0 Å². The van der Waals surface area contributed by atoms with Crippen LogP contribution in [0.1, 0.15) is 0 Å². The normalized spacial score (nSPS) is 0.750. The van der Waals surface area contributed by atoms with Crippen molar-refractivity contribution >= 4 is 11.0 Å². The van der Waals surface area contributed by atoms with Gasteiger partial charge in [0.05, 0.1) is 0 Å². The summed E-state index contributed by atoms with van der Waals surface area (Å²) in [5.74, 6) is 0. The van der Waals surface area contributed by atoms with Crippen LogP contribution in [0.2, 0.25) is 0 Å². The van der Waals surface area contributed by atoms with E-state index >= 15 is 0 Å². The maximum Gasteiger partial charge on any atom is 0 e. The molecule has 0 aromatic carbocycles. The molecule has 0 aliphatic carbocycles. The van der Waals surface area contributed by atoms with Gasteiger partial charge in [0.15, 0.2) is 0 Å². The van der Waals surface area contributed by atoms with Gasteiger partial charge in [-0.2, -0.15) is 0 Å². The molecule has 0 radical (unpaired) electrons. The largest absolute Gasteiger partial charge is 0.0149 e. The van der Waals surface area contributed by atoms with Crippen LogP contribution >= 0.6 is 0 Å². The number of hydrogen-bond donors (Lipinski definition) is 0. The van der Waals surface area contributed by atoms with E-state index in [1.807, 2.05) is 0 Å². The Morgan fingerprint density at radius 2 is 1.25 bits per heavy atom. The third kappa shape index (κ3) is 9.43. The second kappa shape index (κ2) is 22.9. The topological polar surface area (TPSA) is 17.1 Å². The van der Waals surface area contributed by atoms with Crippen LogP contribution in [0.5, 0.6) is 0 Å². The Morgan fingerprint density at radius 3 is 1.25 bits per heavy atom. The Bertz CT molecular complexity index is 8.00. The average molecular weight is 232 g/mol. The van der Waals surface area contributed by atoms with Crippen LogP contribution in [0, 0.1) is 0 Å². The SMILES string of the molecule is [O]=[Nb].[SiH4].[Zr]. The fourth-order valence-corrected chi connectivity index (χ4v) is 0. The molecule has 0 spiro atoms. The Kier molecular flexibility index (Phi) is 99.5. The Hall–Kier alpha value is 1.64. The standard InChI is InChI=1S/Nb.O.H4Si.Zr/h;;1H4;. The molecule has 0 aromatic heterocycles. The van der Waals surface area contributed by atoms with Crippen molar-refractivity contribution in [2.45, 2.75) is 0 Å². The maximum atomic E-state index is 8.30. The molecule has 4 heteroatoms. The summed E-state index contributed by atoms with van der Waals surface area (Å²) in [6, 6.07) is 0. The van der Waals surface area contributed by atoms with Gasteiger partial charge in [0.1, 0.15) is 0 Å². The first-order chi connectivity index (χ1) is 1.00. The maximum absolute atomic E-state index is 8.30. The molecule has 0 amide bonds. The minimum atomic E-state index is 0. The molecule has 4 heavy (non-hydrogen) atoms. The van der Waals surface area contributed by atoms with E-state index in [9.17, 15) is 0 Å². The van der Waals surface area contributed by atoms with Crippen molar-refractivity contribution < 1.29 is 50.5 Å². The third-order valence-corrected chi connectivity index (χ3v) is 0. The van der Waals surface area contributed by atoms with E-state index in [4.69, 9.17) is 3.25 Å². The molecular formula is H4NbOSiZr. The summed E-state index contributed by atoms with van der Waals surface area (Å²) in [5.41, 5.74) is 0. The molecule has 0 aromatic rings. The molecule has 0 N–H and O–H groups in total. The molecule has 0 rings (SSSR count). The summed E-state index contributed by atoms with van der Waals surface area (Å²) in [4.78, 5) is 0. The molecule has 0 bridgehead atoms. The minimum Gasteiger partial charge on any atom is -0.0149 e. The second-order valence-corrected chi connectivity index (χ2v) is 0. The van der Waals surface area contributed by atoms with E-state index in [0.29, 0.717) is 21.0 Å². The van der Waals surface area contributed by atoms with Gasteiger partial charge in [-0.15, -0.1) is 0 Å². The van der Waals surface area contributed by atoms with E-state index < -0.39 is 0 Å². The summed E-state index contributed by atoms with van der Waals surface area (Å²) >= 11 is 0.500. The summed E-state index contributed by atoms with van der Waals surface area (Å²) in [7, 11) is 0. The monoisotopic (exact) mass is 231 g/mol. The quantitative estimate of drug-likeness (QED) is 0.461. The van der Waals surface area contributed by atoms with Gasteiger partial charge in [-0.05, 0) is 11.0 Å². The second-order valence-electron chi connectivity index (χ2n) is 0. The third-order valence-electron chi connectivity index (χ3n) is 0. The van der Waals surface area contributed by atoms with Gasteiger partial charge in [-0.25, -0.2) is 0 Å².